The number of rotatable bonds is 1. The fourth-order valence-corrected chi connectivity index (χ4v) is 1.86. The van der Waals surface area contributed by atoms with Gasteiger partial charge in [0, 0.05) is 17.2 Å². The molecule has 0 bridgehead atoms. The zero-order valence-corrected chi connectivity index (χ0v) is 8.71. The van der Waals surface area contributed by atoms with Crippen molar-refractivity contribution in [2.24, 2.45) is 0 Å². The summed E-state index contributed by atoms with van der Waals surface area (Å²) in [4.78, 5) is 24.0. The van der Waals surface area contributed by atoms with Crippen molar-refractivity contribution >= 4 is 17.1 Å². The minimum absolute atomic E-state index is 0.182. The number of nitrogens with zero attached hydrogens (tertiary/aromatic N) is 1. The van der Waals surface area contributed by atoms with E-state index < -0.39 is 0 Å². The van der Waals surface area contributed by atoms with Crippen LogP contribution in [-0.2, 0) is 0 Å². The Morgan fingerprint density at radius 1 is 1.00 bits per heavy atom. The van der Waals surface area contributed by atoms with Crippen LogP contribution in [0, 0.1) is 0 Å². The number of hydrogen-bond acceptors (Lipinski definition) is 4. The van der Waals surface area contributed by atoms with Crippen molar-refractivity contribution in [2.75, 3.05) is 0 Å². The monoisotopic (exact) mass is 225 g/mol. The van der Waals surface area contributed by atoms with E-state index in [1.807, 2.05) is 0 Å². The number of fused-ring (bicyclic) bond motifs is 1. The third kappa shape index (κ3) is 1.42. The topological polar surface area (TPSA) is 60.2 Å². The van der Waals surface area contributed by atoms with E-state index in [-0.39, 0.29) is 17.1 Å². The van der Waals surface area contributed by atoms with E-state index in [4.69, 9.17) is 0 Å². The van der Waals surface area contributed by atoms with Crippen molar-refractivity contribution in [3.63, 3.8) is 0 Å². The molecule has 3 rings (SSSR count). The third-order valence-corrected chi connectivity index (χ3v) is 2.67. The summed E-state index contributed by atoms with van der Waals surface area (Å²) in [6.07, 6.45) is 2.68. The van der Waals surface area contributed by atoms with Gasteiger partial charge in [0.1, 0.15) is 12.0 Å². The van der Waals surface area contributed by atoms with E-state index in [2.05, 4.69) is 9.68 Å². The van der Waals surface area contributed by atoms with E-state index >= 15 is 0 Å². The molecule has 4 nitrogen and oxygen atoms in total. The first-order chi connectivity index (χ1) is 8.27. The van der Waals surface area contributed by atoms with Crippen molar-refractivity contribution < 1.29 is 14.1 Å². The van der Waals surface area contributed by atoms with Crippen molar-refractivity contribution in [3.05, 3.63) is 59.5 Å². The summed E-state index contributed by atoms with van der Waals surface area (Å²) >= 11 is 0. The van der Waals surface area contributed by atoms with Crippen LogP contribution in [0.5, 0.6) is 0 Å². The van der Waals surface area contributed by atoms with Crippen LogP contribution in [0.15, 0.2) is 47.2 Å². The predicted molar refractivity (Wildman–Crippen MR) is 59.6 cm³/mol. The van der Waals surface area contributed by atoms with E-state index in [1.54, 1.807) is 30.3 Å². The number of benzene rings is 1. The molecule has 2 aromatic rings. The lowest BCUT2D eigenvalue weighted by atomic mass is 9.88. The second-order valence-electron chi connectivity index (χ2n) is 3.68. The second kappa shape index (κ2) is 3.52. The summed E-state index contributed by atoms with van der Waals surface area (Å²) in [6, 6.07) is 8.31. The van der Waals surface area contributed by atoms with E-state index in [0.717, 1.165) is 0 Å². The highest BCUT2D eigenvalue weighted by Gasteiger charge is 2.27. The Morgan fingerprint density at radius 3 is 2.47 bits per heavy atom. The van der Waals surface area contributed by atoms with Gasteiger partial charge in [0.05, 0.1) is 5.57 Å². The van der Waals surface area contributed by atoms with Gasteiger partial charge in [0.2, 0.25) is 0 Å². The predicted octanol–water partition coefficient (Wildman–Crippen LogP) is 2.14. The number of carbonyl (C=O) groups is 2. The molecule has 0 radical (unpaired) electrons. The fraction of sp³-hybridized carbons (Fsp3) is 0. The Labute approximate surface area is 96.5 Å². The van der Waals surface area contributed by atoms with Crippen molar-refractivity contribution in [1.29, 1.82) is 0 Å². The molecule has 1 aliphatic rings. The summed E-state index contributed by atoms with van der Waals surface area (Å²) < 4.78 is 4.68. The Kier molecular flexibility index (Phi) is 2.01. The summed E-state index contributed by atoms with van der Waals surface area (Å²) in [6.45, 7) is 0. The zero-order chi connectivity index (χ0) is 11.8. The fourth-order valence-electron chi connectivity index (χ4n) is 1.86. The van der Waals surface area contributed by atoms with Crippen LogP contribution in [0.1, 0.15) is 26.4 Å². The largest absolute Gasteiger partial charge is 0.364 e. The highest BCUT2D eigenvalue weighted by Crippen LogP contribution is 2.26. The van der Waals surface area contributed by atoms with Gasteiger partial charge < -0.3 is 4.52 Å². The van der Waals surface area contributed by atoms with Crippen molar-refractivity contribution in [3.8, 4) is 0 Å². The van der Waals surface area contributed by atoms with Crippen LogP contribution in [0.2, 0.25) is 0 Å². The molecule has 0 fully saturated rings. The van der Waals surface area contributed by atoms with Crippen LogP contribution < -0.4 is 0 Å². The van der Waals surface area contributed by atoms with Crippen LogP contribution in [0.4, 0.5) is 0 Å². The normalized spacial score (nSPS) is 14.5. The highest BCUT2D eigenvalue weighted by atomic mass is 16.5. The molecular formula is C13H7NO3. The lowest BCUT2D eigenvalue weighted by Crippen LogP contribution is -2.16. The molecule has 0 aliphatic heterocycles. The lowest BCUT2D eigenvalue weighted by molar-refractivity contribution is 0.100. The lowest BCUT2D eigenvalue weighted by Gasteiger charge is -2.12. The molecule has 1 aliphatic carbocycles. The molecule has 0 atom stereocenters. The third-order valence-electron chi connectivity index (χ3n) is 2.67. The Hall–Kier alpha value is -2.49. The van der Waals surface area contributed by atoms with E-state index in [0.29, 0.717) is 16.8 Å². The summed E-state index contributed by atoms with van der Waals surface area (Å²) in [5.74, 6) is -0.382. The molecule has 0 saturated carbocycles. The van der Waals surface area contributed by atoms with Gasteiger partial charge in [0.15, 0.2) is 11.6 Å². The molecule has 17 heavy (non-hydrogen) atoms. The van der Waals surface area contributed by atoms with E-state index in [9.17, 15) is 9.59 Å². The summed E-state index contributed by atoms with van der Waals surface area (Å²) in [5, 5.41) is 3.68. The molecule has 1 aromatic carbocycles. The van der Waals surface area contributed by atoms with E-state index in [1.165, 1.54) is 12.3 Å². The number of hydrogen-bond donors (Lipinski definition) is 0. The maximum atomic E-state index is 12.2. The molecule has 0 spiro atoms. The number of aromatic nitrogens is 1. The van der Waals surface area contributed by atoms with Crippen LogP contribution in [0.3, 0.4) is 0 Å². The maximum absolute atomic E-state index is 12.2. The van der Waals surface area contributed by atoms with Gasteiger partial charge in [-0.25, -0.2) is 0 Å². The first-order valence-corrected chi connectivity index (χ1v) is 5.08. The average molecular weight is 225 g/mol. The van der Waals surface area contributed by atoms with Gasteiger partial charge in [-0.05, 0) is 6.08 Å². The average Bonchev–Trinajstić information content (AvgIpc) is 2.87. The highest BCUT2D eigenvalue weighted by molar-refractivity contribution is 6.38. The molecular weight excluding hydrogens is 218 g/mol. The molecule has 1 aromatic heterocycles. The van der Waals surface area contributed by atoms with Crippen molar-refractivity contribution in [2.45, 2.75) is 0 Å². The maximum Gasteiger partial charge on any atom is 0.196 e. The smallest absolute Gasteiger partial charge is 0.196 e. The Morgan fingerprint density at radius 2 is 1.76 bits per heavy atom. The molecule has 0 saturated heterocycles. The van der Waals surface area contributed by atoms with Gasteiger partial charge in [-0.1, -0.05) is 29.4 Å². The first-order valence-electron chi connectivity index (χ1n) is 5.08. The SMILES string of the molecule is O=C1C=C(c2ccon2)C(=O)c2ccccc21. The molecule has 82 valence electrons. The first kappa shape index (κ1) is 9.72. The molecule has 0 N–H and O–H groups in total. The minimum atomic E-state index is -0.200. The summed E-state index contributed by atoms with van der Waals surface area (Å²) in [5.41, 5.74) is 1.52. The van der Waals surface area contributed by atoms with Gasteiger partial charge in [0.25, 0.3) is 0 Å². The zero-order valence-electron chi connectivity index (χ0n) is 8.71. The second-order valence-corrected chi connectivity index (χ2v) is 3.68. The summed E-state index contributed by atoms with van der Waals surface area (Å²) in [7, 11) is 0. The van der Waals surface area contributed by atoms with Gasteiger partial charge in [-0.15, -0.1) is 0 Å². The van der Waals surface area contributed by atoms with Crippen LogP contribution >= 0.6 is 0 Å². The minimum Gasteiger partial charge on any atom is -0.364 e. The number of allylic oxidation sites excluding steroid dienone is 2. The van der Waals surface area contributed by atoms with Gasteiger partial charge in [-0.3, -0.25) is 9.59 Å². The molecule has 1 heterocycles. The van der Waals surface area contributed by atoms with Crippen LogP contribution in [0.25, 0.3) is 5.57 Å². The quantitative estimate of drug-likeness (QED) is 0.745. The Bertz CT molecular complexity index is 638. The molecule has 4 heteroatoms. The molecule has 0 amide bonds. The standard InChI is InChI=1S/C13H7NO3/c15-12-7-10(11-5-6-17-14-11)13(16)9-4-2-1-3-8(9)12/h1-7H. The van der Waals surface area contributed by atoms with Crippen molar-refractivity contribution in [1.82, 2.24) is 5.16 Å². The van der Waals surface area contributed by atoms with Gasteiger partial charge >= 0.3 is 0 Å². The Balaban J connectivity index is 2.18. The van der Waals surface area contributed by atoms with Crippen LogP contribution in [-0.4, -0.2) is 16.7 Å². The number of carbonyl (C=O) groups excluding carboxylic acids is 2. The molecule has 0 unspecified atom stereocenters. The van der Waals surface area contributed by atoms with Gasteiger partial charge in [-0.2, -0.15) is 0 Å². The number of Topliss-reactive ketones (excluding diaryl/α,β-unsaturated/α-hetero) is 1. The number of ketones is 2.